The van der Waals surface area contributed by atoms with Crippen LogP contribution in [0.15, 0.2) is 30.3 Å². The monoisotopic (exact) mass is 374 g/mol. The molecule has 2 aromatic carbocycles. The number of carbonyl (C=O) groups excluding carboxylic acids is 1. The van der Waals surface area contributed by atoms with Crippen LogP contribution in [0.1, 0.15) is 12.0 Å². The number of ether oxygens (including phenoxy) is 1. The summed E-state index contributed by atoms with van der Waals surface area (Å²) < 4.78 is 83.6. The van der Waals surface area contributed by atoms with Gasteiger partial charge in [-0.2, -0.15) is 18.4 Å². The van der Waals surface area contributed by atoms with E-state index in [9.17, 15) is 31.1 Å². The summed E-state index contributed by atoms with van der Waals surface area (Å²) in [6, 6.07) is 4.35. The van der Waals surface area contributed by atoms with Gasteiger partial charge in [-0.3, -0.25) is 4.79 Å². The van der Waals surface area contributed by atoms with Gasteiger partial charge in [0.2, 0.25) is 5.91 Å². The Morgan fingerprint density at radius 3 is 2.23 bits per heavy atom. The predicted molar refractivity (Wildman–Crippen MR) is 76.7 cm³/mol. The van der Waals surface area contributed by atoms with Crippen molar-refractivity contribution < 1.29 is 35.9 Å². The average Bonchev–Trinajstić information content (AvgIpc) is 2.52. The zero-order valence-corrected chi connectivity index (χ0v) is 12.6. The van der Waals surface area contributed by atoms with Crippen LogP contribution < -0.4 is 10.1 Å². The molecule has 0 saturated carbocycles. The van der Waals surface area contributed by atoms with Crippen LogP contribution in [0.4, 0.5) is 32.0 Å². The lowest BCUT2D eigenvalue weighted by atomic mass is 10.2. The van der Waals surface area contributed by atoms with Gasteiger partial charge < -0.3 is 10.1 Å². The van der Waals surface area contributed by atoms with Crippen molar-refractivity contribution in [3.8, 4) is 17.6 Å². The highest BCUT2D eigenvalue weighted by Crippen LogP contribution is 2.36. The van der Waals surface area contributed by atoms with E-state index in [1.807, 2.05) is 0 Å². The van der Waals surface area contributed by atoms with Gasteiger partial charge in [0.15, 0.2) is 29.0 Å². The summed E-state index contributed by atoms with van der Waals surface area (Å²) >= 11 is 0. The number of anilines is 1. The Kier molecular flexibility index (Phi) is 5.40. The Balaban J connectivity index is 2.34. The average molecular weight is 374 g/mol. The normalized spacial score (nSPS) is 11.0. The summed E-state index contributed by atoms with van der Waals surface area (Å²) in [4.78, 5) is 11.3. The van der Waals surface area contributed by atoms with E-state index in [0.29, 0.717) is 0 Å². The highest BCUT2D eigenvalue weighted by molar-refractivity contribution is 5.92. The van der Waals surface area contributed by atoms with E-state index < -0.39 is 53.0 Å². The maximum Gasteiger partial charge on any atom is 0.416 e. The number of amides is 1. The Hall–Kier alpha value is -3.22. The maximum absolute atomic E-state index is 13.8. The highest BCUT2D eigenvalue weighted by atomic mass is 19.4. The van der Waals surface area contributed by atoms with Crippen LogP contribution in [-0.2, 0) is 11.0 Å². The molecule has 0 fully saturated rings. The van der Waals surface area contributed by atoms with Crippen LogP contribution in [0.5, 0.6) is 11.5 Å². The van der Waals surface area contributed by atoms with Crippen molar-refractivity contribution in [3.05, 3.63) is 53.3 Å². The maximum atomic E-state index is 13.8. The van der Waals surface area contributed by atoms with E-state index in [4.69, 9.17) is 10.00 Å². The van der Waals surface area contributed by atoms with Gasteiger partial charge in [-0.25, -0.2) is 13.2 Å². The minimum atomic E-state index is -4.98. The number of rotatable bonds is 4. The molecule has 0 atom stereocenters. The molecular formula is C16H8F6N2O2. The van der Waals surface area contributed by atoms with Gasteiger partial charge >= 0.3 is 6.18 Å². The van der Waals surface area contributed by atoms with Crippen molar-refractivity contribution in [3.63, 3.8) is 0 Å². The lowest BCUT2D eigenvalue weighted by molar-refractivity contribution is -0.138. The van der Waals surface area contributed by atoms with Crippen molar-refractivity contribution in [2.45, 2.75) is 12.6 Å². The molecule has 10 heteroatoms. The van der Waals surface area contributed by atoms with E-state index in [0.717, 1.165) is 18.2 Å². The van der Waals surface area contributed by atoms with Gasteiger partial charge in [0.05, 0.1) is 11.6 Å². The molecule has 0 spiro atoms. The molecule has 4 nitrogen and oxygen atoms in total. The molecule has 136 valence electrons. The van der Waals surface area contributed by atoms with Crippen LogP contribution in [0.2, 0.25) is 0 Å². The van der Waals surface area contributed by atoms with E-state index in [2.05, 4.69) is 5.32 Å². The van der Waals surface area contributed by atoms with E-state index in [-0.39, 0.29) is 17.8 Å². The number of nitrogens with one attached hydrogen (secondary N) is 1. The molecule has 0 bridgehead atoms. The molecule has 26 heavy (non-hydrogen) atoms. The molecule has 2 aromatic rings. The minimum absolute atomic E-state index is 0.00879. The number of hydrogen-bond acceptors (Lipinski definition) is 3. The zero-order chi connectivity index (χ0) is 19.5. The smallest absolute Gasteiger partial charge is 0.416 e. The Bertz CT molecular complexity index is 866. The molecule has 0 saturated heterocycles. The third kappa shape index (κ3) is 4.44. The molecule has 2 rings (SSSR count). The fraction of sp³-hybridized carbons (Fsp3) is 0.125. The molecule has 0 aliphatic carbocycles. The second-order valence-corrected chi connectivity index (χ2v) is 4.90. The summed E-state index contributed by atoms with van der Waals surface area (Å²) in [6.45, 7) is 0. The molecule has 0 aromatic heterocycles. The first kappa shape index (κ1) is 19.1. The quantitative estimate of drug-likeness (QED) is 0.785. The van der Waals surface area contributed by atoms with Crippen LogP contribution in [0.25, 0.3) is 0 Å². The largest absolute Gasteiger partial charge is 0.448 e. The van der Waals surface area contributed by atoms with Crippen molar-refractivity contribution >= 4 is 11.6 Å². The molecule has 0 aliphatic heterocycles. The summed E-state index contributed by atoms with van der Waals surface area (Å²) in [6.07, 6.45) is -5.47. The second kappa shape index (κ2) is 7.35. The second-order valence-electron chi connectivity index (χ2n) is 4.90. The number of halogens is 6. The zero-order valence-electron chi connectivity index (χ0n) is 12.6. The first-order valence-electron chi connectivity index (χ1n) is 6.82. The van der Waals surface area contributed by atoms with Crippen molar-refractivity contribution in [1.29, 1.82) is 5.26 Å². The third-order valence-electron chi connectivity index (χ3n) is 2.99. The Morgan fingerprint density at radius 2 is 1.69 bits per heavy atom. The first-order valence-corrected chi connectivity index (χ1v) is 6.82. The van der Waals surface area contributed by atoms with Gasteiger partial charge in [-0.1, -0.05) is 0 Å². The van der Waals surface area contributed by atoms with Gasteiger partial charge in [0.25, 0.3) is 0 Å². The number of carbonyl (C=O) groups is 1. The van der Waals surface area contributed by atoms with Crippen molar-refractivity contribution in [2.75, 3.05) is 5.32 Å². The van der Waals surface area contributed by atoms with Crippen LogP contribution in [-0.4, -0.2) is 5.91 Å². The Morgan fingerprint density at radius 1 is 1.08 bits per heavy atom. The fourth-order valence-electron chi connectivity index (χ4n) is 1.87. The topological polar surface area (TPSA) is 62.1 Å². The standard InChI is InChI=1S/C16H8F6N2O2/c17-10-2-1-9(24-14(25)3-4-23)7-13(10)26-15-11(18)5-8(6-12(15)19)16(20,21)22/h1-2,5-7H,3H2,(H,24,25). The lowest BCUT2D eigenvalue weighted by Crippen LogP contribution is -2.10. The van der Waals surface area contributed by atoms with Crippen LogP contribution in [0.3, 0.4) is 0 Å². The third-order valence-corrected chi connectivity index (χ3v) is 2.99. The van der Waals surface area contributed by atoms with Crippen molar-refractivity contribution in [1.82, 2.24) is 0 Å². The summed E-state index contributed by atoms with van der Waals surface area (Å²) in [5, 5.41) is 10.6. The van der Waals surface area contributed by atoms with E-state index in [1.165, 1.54) is 0 Å². The highest BCUT2D eigenvalue weighted by Gasteiger charge is 2.33. The van der Waals surface area contributed by atoms with Gasteiger partial charge in [-0.05, 0) is 24.3 Å². The van der Waals surface area contributed by atoms with Crippen molar-refractivity contribution in [2.24, 2.45) is 0 Å². The van der Waals surface area contributed by atoms with E-state index in [1.54, 1.807) is 6.07 Å². The number of nitriles is 1. The van der Waals surface area contributed by atoms with Crippen LogP contribution in [0, 0.1) is 28.8 Å². The predicted octanol–water partition coefficient (Wildman–Crippen LogP) is 4.77. The van der Waals surface area contributed by atoms with Gasteiger partial charge in [0, 0.05) is 11.8 Å². The molecule has 0 unspecified atom stereocenters. The SMILES string of the molecule is N#CCC(=O)Nc1ccc(F)c(Oc2c(F)cc(C(F)(F)F)cc2F)c1. The van der Waals surface area contributed by atoms with Crippen LogP contribution >= 0.6 is 0 Å². The van der Waals surface area contributed by atoms with E-state index >= 15 is 0 Å². The molecule has 0 heterocycles. The lowest BCUT2D eigenvalue weighted by Gasteiger charge is -2.13. The summed E-state index contributed by atoms with van der Waals surface area (Å²) in [7, 11) is 0. The summed E-state index contributed by atoms with van der Waals surface area (Å²) in [5.74, 6) is -7.15. The molecule has 0 aliphatic rings. The molecule has 1 N–H and O–H groups in total. The van der Waals surface area contributed by atoms with Gasteiger partial charge in [-0.15, -0.1) is 0 Å². The molecule has 1 amide bonds. The minimum Gasteiger partial charge on any atom is -0.448 e. The number of hydrogen-bond donors (Lipinski definition) is 1. The van der Waals surface area contributed by atoms with Gasteiger partial charge in [0.1, 0.15) is 6.42 Å². The number of benzene rings is 2. The Labute approximate surface area is 142 Å². The molecular weight excluding hydrogens is 366 g/mol. The number of nitrogens with zero attached hydrogens (tertiary/aromatic N) is 1. The molecule has 0 radical (unpaired) electrons. The number of alkyl halides is 3. The summed E-state index contributed by atoms with van der Waals surface area (Å²) in [5.41, 5.74) is -1.62. The first-order chi connectivity index (χ1) is 12.1. The fourth-order valence-corrected chi connectivity index (χ4v) is 1.87.